The highest BCUT2D eigenvalue weighted by Gasteiger charge is 2.16. The molecule has 0 radical (unpaired) electrons. The van der Waals surface area contributed by atoms with Gasteiger partial charge in [0.05, 0.1) is 13.2 Å². The van der Waals surface area contributed by atoms with Crippen LogP contribution >= 0.6 is 11.6 Å². The Morgan fingerprint density at radius 2 is 2.00 bits per heavy atom. The zero-order valence-corrected chi connectivity index (χ0v) is 13.6. The van der Waals surface area contributed by atoms with Crippen molar-refractivity contribution >= 4 is 11.6 Å². The van der Waals surface area contributed by atoms with Crippen LogP contribution in [0.25, 0.3) is 0 Å². The summed E-state index contributed by atoms with van der Waals surface area (Å²) in [5, 5.41) is 4.37. The first-order valence-corrected chi connectivity index (χ1v) is 7.67. The molecule has 0 amide bonds. The maximum Gasteiger partial charge on any atom is 0.119 e. The topological polar surface area (TPSA) is 21.3 Å². The zero-order chi connectivity index (χ0) is 15.2. The van der Waals surface area contributed by atoms with Gasteiger partial charge in [0.2, 0.25) is 0 Å². The molecule has 0 heterocycles. The first-order chi connectivity index (χ1) is 10.2. The highest BCUT2D eigenvalue weighted by molar-refractivity contribution is 6.30. The van der Waals surface area contributed by atoms with Crippen molar-refractivity contribution in [1.82, 2.24) is 5.32 Å². The number of hydrogen-bond donors (Lipinski definition) is 1. The van der Waals surface area contributed by atoms with Gasteiger partial charge in [-0.2, -0.15) is 0 Å². The van der Waals surface area contributed by atoms with E-state index < -0.39 is 0 Å². The molecular formula is C18H22ClNO. The zero-order valence-electron chi connectivity index (χ0n) is 12.8. The Bertz CT molecular complexity index is 598. The van der Waals surface area contributed by atoms with Gasteiger partial charge < -0.3 is 10.1 Å². The predicted molar refractivity (Wildman–Crippen MR) is 89.3 cm³/mol. The van der Waals surface area contributed by atoms with Crippen LogP contribution in [0.5, 0.6) is 5.75 Å². The van der Waals surface area contributed by atoms with Crippen LogP contribution in [-0.4, -0.2) is 13.7 Å². The van der Waals surface area contributed by atoms with Crippen molar-refractivity contribution in [1.29, 1.82) is 0 Å². The van der Waals surface area contributed by atoms with Crippen molar-refractivity contribution in [3.63, 3.8) is 0 Å². The second-order valence-electron chi connectivity index (χ2n) is 5.16. The van der Waals surface area contributed by atoms with Gasteiger partial charge in [-0.25, -0.2) is 0 Å². The molecule has 0 aliphatic rings. The summed E-state index contributed by atoms with van der Waals surface area (Å²) in [4.78, 5) is 0. The van der Waals surface area contributed by atoms with Crippen molar-refractivity contribution in [2.24, 2.45) is 0 Å². The maximum atomic E-state index is 6.15. The van der Waals surface area contributed by atoms with Gasteiger partial charge in [0.25, 0.3) is 0 Å². The third-order valence-electron chi connectivity index (χ3n) is 3.57. The van der Waals surface area contributed by atoms with Crippen LogP contribution in [0.3, 0.4) is 0 Å². The SMILES string of the molecule is CCCNC(c1cccc(Cl)c1)c1ccc(OC)cc1C. The van der Waals surface area contributed by atoms with Gasteiger partial charge >= 0.3 is 0 Å². The molecule has 2 rings (SSSR count). The molecule has 0 aliphatic heterocycles. The van der Waals surface area contributed by atoms with E-state index in [1.165, 1.54) is 16.7 Å². The summed E-state index contributed by atoms with van der Waals surface area (Å²) in [6, 6.07) is 14.4. The smallest absolute Gasteiger partial charge is 0.119 e. The Labute approximate surface area is 132 Å². The third-order valence-corrected chi connectivity index (χ3v) is 3.80. The Hall–Kier alpha value is -1.51. The van der Waals surface area contributed by atoms with Crippen LogP contribution < -0.4 is 10.1 Å². The largest absolute Gasteiger partial charge is 0.497 e. The lowest BCUT2D eigenvalue weighted by atomic mass is 9.94. The quantitative estimate of drug-likeness (QED) is 0.832. The number of aryl methyl sites for hydroxylation is 1. The van der Waals surface area contributed by atoms with Gasteiger partial charge in [0, 0.05) is 5.02 Å². The second kappa shape index (κ2) is 7.48. The molecule has 0 saturated heterocycles. The molecule has 3 heteroatoms. The van der Waals surface area contributed by atoms with Crippen molar-refractivity contribution in [3.05, 3.63) is 64.2 Å². The van der Waals surface area contributed by atoms with E-state index in [0.29, 0.717) is 0 Å². The summed E-state index contributed by atoms with van der Waals surface area (Å²) in [6.45, 7) is 5.24. The molecule has 2 nitrogen and oxygen atoms in total. The van der Waals surface area contributed by atoms with Gasteiger partial charge in [-0.15, -0.1) is 0 Å². The lowest BCUT2D eigenvalue weighted by molar-refractivity contribution is 0.414. The van der Waals surface area contributed by atoms with Crippen molar-refractivity contribution in [2.45, 2.75) is 26.3 Å². The van der Waals surface area contributed by atoms with Gasteiger partial charge in [-0.1, -0.05) is 36.7 Å². The molecule has 21 heavy (non-hydrogen) atoms. The summed E-state index contributed by atoms with van der Waals surface area (Å²) < 4.78 is 5.29. The van der Waals surface area contributed by atoms with Crippen molar-refractivity contribution in [3.8, 4) is 5.75 Å². The van der Waals surface area contributed by atoms with Crippen LogP contribution in [0.2, 0.25) is 5.02 Å². The monoisotopic (exact) mass is 303 g/mol. The van der Waals surface area contributed by atoms with Gasteiger partial charge in [-0.3, -0.25) is 0 Å². The van der Waals surface area contributed by atoms with E-state index in [1.54, 1.807) is 7.11 Å². The van der Waals surface area contributed by atoms with E-state index in [2.05, 4.69) is 37.4 Å². The van der Waals surface area contributed by atoms with Gasteiger partial charge in [0.1, 0.15) is 5.75 Å². The number of methoxy groups -OCH3 is 1. The minimum absolute atomic E-state index is 0.148. The van der Waals surface area contributed by atoms with Crippen LogP contribution in [0, 0.1) is 6.92 Å². The van der Waals surface area contributed by atoms with E-state index in [9.17, 15) is 0 Å². The van der Waals surface area contributed by atoms with Crippen LogP contribution in [0.1, 0.15) is 36.1 Å². The standard InChI is InChI=1S/C18H22ClNO/c1-4-10-20-18(14-6-5-7-15(19)12-14)17-9-8-16(21-3)11-13(17)2/h5-9,11-12,18,20H,4,10H2,1-3H3. The van der Waals surface area contributed by atoms with Crippen molar-refractivity contribution in [2.75, 3.05) is 13.7 Å². The number of hydrogen-bond acceptors (Lipinski definition) is 2. The highest BCUT2D eigenvalue weighted by Crippen LogP contribution is 2.29. The maximum absolute atomic E-state index is 6.15. The number of halogens is 1. The predicted octanol–water partition coefficient (Wildman–Crippen LogP) is 4.75. The Morgan fingerprint density at radius 1 is 1.19 bits per heavy atom. The van der Waals surface area contributed by atoms with Crippen LogP contribution in [0.15, 0.2) is 42.5 Å². The lowest BCUT2D eigenvalue weighted by Crippen LogP contribution is -2.24. The summed E-state index contributed by atoms with van der Waals surface area (Å²) in [5.74, 6) is 0.886. The molecule has 0 aliphatic carbocycles. The number of rotatable bonds is 6. The fourth-order valence-electron chi connectivity index (χ4n) is 2.48. The normalized spacial score (nSPS) is 12.2. The van der Waals surface area contributed by atoms with Gasteiger partial charge in [0.15, 0.2) is 0 Å². The van der Waals surface area contributed by atoms with Crippen molar-refractivity contribution < 1.29 is 4.74 Å². The summed E-state index contributed by atoms with van der Waals surface area (Å²) in [5.41, 5.74) is 3.65. The highest BCUT2D eigenvalue weighted by atomic mass is 35.5. The minimum Gasteiger partial charge on any atom is -0.497 e. The fourth-order valence-corrected chi connectivity index (χ4v) is 2.68. The minimum atomic E-state index is 0.148. The van der Waals surface area contributed by atoms with Crippen LogP contribution in [-0.2, 0) is 0 Å². The molecule has 0 aromatic heterocycles. The van der Waals surface area contributed by atoms with Crippen LogP contribution in [0.4, 0.5) is 0 Å². The molecule has 1 atom stereocenters. The average Bonchev–Trinajstić information content (AvgIpc) is 2.49. The average molecular weight is 304 g/mol. The molecule has 0 bridgehead atoms. The molecular weight excluding hydrogens is 282 g/mol. The third kappa shape index (κ3) is 3.99. The lowest BCUT2D eigenvalue weighted by Gasteiger charge is -2.22. The van der Waals surface area contributed by atoms with Gasteiger partial charge in [-0.05, 0) is 60.8 Å². The molecule has 1 unspecified atom stereocenters. The number of benzene rings is 2. The fraction of sp³-hybridized carbons (Fsp3) is 0.333. The molecule has 2 aromatic rings. The Balaban J connectivity index is 2.40. The second-order valence-corrected chi connectivity index (χ2v) is 5.60. The van der Waals surface area contributed by atoms with E-state index in [1.807, 2.05) is 24.3 Å². The Morgan fingerprint density at radius 3 is 2.62 bits per heavy atom. The molecule has 0 spiro atoms. The number of nitrogens with one attached hydrogen (secondary N) is 1. The Kier molecular flexibility index (Phi) is 5.66. The molecule has 0 fully saturated rings. The molecule has 2 aromatic carbocycles. The summed E-state index contributed by atoms with van der Waals surface area (Å²) >= 11 is 6.15. The summed E-state index contributed by atoms with van der Waals surface area (Å²) in [6.07, 6.45) is 1.09. The first-order valence-electron chi connectivity index (χ1n) is 7.29. The van der Waals surface area contributed by atoms with E-state index in [4.69, 9.17) is 16.3 Å². The molecule has 0 saturated carbocycles. The first kappa shape index (κ1) is 15.9. The molecule has 112 valence electrons. The number of ether oxygens (including phenoxy) is 1. The summed E-state index contributed by atoms with van der Waals surface area (Å²) in [7, 11) is 1.69. The molecule has 1 N–H and O–H groups in total. The van der Waals surface area contributed by atoms with E-state index >= 15 is 0 Å². The van der Waals surface area contributed by atoms with E-state index in [0.717, 1.165) is 23.7 Å². The van der Waals surface area contributed by atoms with E-state index in [-0.39, 0.29) is 6.04 Å².